The van der Waals surface area contributed by atoms with Gasteiger partial charge >= 0.3 is 5.97 Å². The van der Waals surface area contributed by atoms with E-state index in [9.17, 15) is 4.79 Å². The lowest BCUT2D eigenvalue weighted by Gasteiger charge is -2.12. The van der Waals surface area contributed by atoms with Crippen LogP contribution in [0.5, 0.6) is 0 Å². The van der Waals surface area contributed by atoms with Crippen LogP contribution in [0.4, 0.5) is 0 Å². The summed E-state index contributed by atoms with van der Waals surface area (Å²) in [4.78, 5) is 11.7. The molecule has 0 saturated heterocycles. The average Bonchev–Trinajstić information content (AvgIpc) is 2.36. The number of benzene rings is 1. The Morgan fingerprint density at radius 3 is 2.56 bits per heavy atom. The quantitative estimate of drug-likeness (QED) is 0.771. The van der Waals surface area contributed by atoms with E-state index in [-0.39, 0.29) is 17.9 Å². The summed E-state index contributed by atoms with van der Waals surface area (Å²) < 4.78 is 5.26. The van der Waals surface area contributed by atoms with E-state index in [1.165, 1.54) is 0 Å². The van der Waals surface area contributed by atoms with Crippen molar-refractivity contribution in [3.63, 3.8) is 0 Å². The van der Waals surface area contributed by atoms with Crippen molar-refractivity contribution in [3.05, 3.63) is 35.9 Å². The van der Waals surface area contributed by atoms with Gasteiger partial charge in [0.1, 0.15) is 6.61 Å². The third-order valence-electron chi connectivity index (χ3n) is 2.37. The number of esters is 1. The molecule has 0 aliphatic heterocycles. The first-order chi connectivity index (χ1) is 8.59. The Balaban J connectivity index is 2.23. The molecule has 0 spiro atoms. The highest BCUT2D eigenvalue weighted by Gasteiger charge is 2.14. The molecule has 0 saturated carbocycles. The van der Waals surface area contributed by atoms with Crippen LogP contribution in [0.15, 0.2) is 30.3 Å². The van der Waals surface area contributed by atoms with E-state index in [1.807, 2.05) is 44.2 Å². The summed E-state index contributed by atoms with van der Waals surface area (Å²) in [6.45, 7) is 4.20. The molecule has 0 amide bonds. The SMILES string of the molecule is CC(N)CSCC(C)C(=O)OCc1ccccc1. The van der Waals surface area contributed by atoms with E-state index in [2.05, 4.69) is 0 Å². The van der Waals surface area contributed by atoms with Gasteiger partial charge in [0.2, 0.25) is 0 Å². The molecule has 2 unspecified atom stereocenters. The standard InChI is InChI=1S/C14H21NO2S/c1-11(9-18-10-12(2)15)14(16)17-8-13-6-4-3-5-7-13/h3-7,11-12H,8-10,15H2,1-2H3. The summed E-state index contributed by atoms with van der Waals surface area (Å²) in [5.74, 6) is 1.40. The first-order valence-corrected chi connectivity index (χ1v) is 7.29. The summed E-state index contributed by atoms with van der Waals surface area (Å²) in [5.41, 5.74) is 6.67. The van der Waals surface area contributed by atoms with Crippen molar-refractivity contribution >= 4 is 17.7 Å². The molecule has 1 aromatic carbocycles. The van der Waals surface area contributed by atoms with Crippen LogP contribution in [-0.4, -0.2) is 23.5 Å². The Morgan fingerprint density at radius 1 is 1.28 bits per heavy atom. The molecule has 0 aliphatic carbocycles. The predicted molar refractivity (Wildman–Crippen MR) is 76.4 cm³/mol. The molecule has 0 aromatic heterocycles. The molecule has 1 aromatic rings. The first kappa shape index (κ1) is 15.1. The van der Waals surface area contributed by atoms with Crippen LogP contribution in [0.1, 0.15) is 19.4 Å². The van der Waals surface area contributed by atoms with Gasteiger partial charge in [-0.15, -0.1) is 0 Å². The molecule has 1 rings (SSSR count). The monoisotopic (exact) mass is 267 g/mol. The zero-order chi connectivity index (χ0) is 13.4. The van der Waals surface area contributed by atoms with E-state index < -0.39 is 0 Å². The van der Waals surface area contributed by atoms with Gasteiger partial charge in [-0.25, -0.2) is 0 Å². The second-order valence-corrected chi connectivity index (χ2v) is 5.58. The molecular weight excluding hydrogens is 246 g/mol. The van der Waals surface area contributed by atoms with Gasteiger partial charge in [0, 0.05) is 17.5 Å². The van der Waals surface area contributed by atoms with Crippen LogP contribution in [0, 0.1) is 5.92 Å². The van der Waals surface area contributed by atoms with E-state index in [0.29, 0.717) is 6.61 Å². The maximum atomic E-state index is 11.7. The van der Waals surface area contributed by atoms with Gasteiger partial charge in [-0.1, -0.05) is 37.3 Å². The molecular formula is C14H21NO2S. The third kappa shape index (κ3) is 6.07. The Bertz CT molecular complexity index is 354. The lowest BCUT2D eigenvalue weighted by Crippen LogP contribution is -2.21. The Hall–Kier alpha value is -1.00. The van der Waals surface area contributed by atoms with Gasteiger partial charge in [0.25, 0.3) is 0 Å². The minimum absolute atomic E-state index is 0.0857. The Labute approximate surface area is 113 Å². The highest BCUT2D eigenvalue weighted by Crippen LogP contribution is 2.12. The van der Waals surface area contributed by atoms with Crippen LogP contribution in [-0.2, 0) is 16.1 Å². The topological polar surface area (TPSA) is 52.3 Å². The summed E-state index contributed by atoms with van der Waals surface area (Å²) >= 11 is 1.69. The summed E-state index contributed by atoms with van der Waals surface area (Å²) in [7, 11) is 0. The van der Waals surface area contributed by atoms with Gasteiger partial charge < -0.3 is 10.5 Å². The molecule has 0 bridgehead atoms. The minimum atomic E-state index is -0.143. The van der Waals surface area contributed by atoms with Crippen molar-refractivity contribution in [2.45, 2.75) is 26.5 Å². The van der Waals surface area contributed by atoms with Crippen LogP contribution < -0.4 is 5.73 Å². The number of carbonyl (C=O) groups is 1. The molecule has 0 heterocycles. The van der Waals surface area contributed by atoms with Crippen molar-refractivity contribution in [1.29, 1.82) is 0 Å². The van der Waals surface area contributed by atoms with E-state index in [1.54, 1.807) is 11.8 Å². The summed E-state index contributed by atoms with van der Waals surface area (Å²) in [6.07, 6.45) is 0. The average molecular weight is 267 g/mol. The Morgan fingerprint density at radius 2 is 1.94 bits per heavy atom. The highest BCUT2D eigenvalue weighted by atomic mass is 32.2. The molecule has 0 radical (unpaired) electrons. The number of nitrogens with two attached hydrogens (primary N) is 1. The molecule has 2 N–H and O–H groups in total. The fourth-order valence-electron chi connectivity index (χ4n) is 1.37. The third-order valence-corrected chi connectivity index (χ3v) is 3.87. The predicted octanol–water partition coefficient (Wildman–Crippen LogP) is 2.45. The van der Waals surface area contributed by atoms with E-state index in [4.69, 9.17) is 10.5 Å². The van der Waals surface area contributed by atoms with Gasteiger partial charge in [-0.2, -0.15) is 11.8 Å². The first-order valence-electron chi connectivity index (χ1n) is 6.13. The van der Waals surface area contributed by atoms with Crippen molar-refractivity contribution in [1.82, 2.24) is 0 Å². The molecule has 4 heteroatoms. The number of thioether (sulfide) groups is 1. The number of rotatable bonds is 7. The summed E-state index contributed by atoms with van der Waals surface area (Å²) in [6, 6.07) is 9.88. The van der Waals surface area contributed by atoms with Gasteiger partial charge in [0.15, 0.2) is 0 Å². The molecule has 0 aliphatic rings. The highest BCUT2D eigenvalue weighted by molar-refractivity contribution is 7.99. The smallest absolute Gasteiger partial charge is 0.309 e. The van der Waals surface area contributed by atoms with Crippen LogP contribution in [0.3, 0.4) is 0 Å². The number of hydrogen-bond acceptors (Lipinski definition) is 4. The van der Waals surface area contributed by atoms with E-state index in [0.717, 1.165) is 17.1 Å². The van der Waals surface area contributed by atoms with Gasteiger partial charge in [0.05, 0.1) is 5.92 Å². The van der Waals surface area contributed by atoms with Crippen LogP contribution in [0.2, 0.25) is 0 Å². The molecule has 3 nitrogen and oxygen atoms in total. The minimum Gasteiger partial charge on any atom is -0.461 e. The zero-order valence-electron chi connectivity index (χ0n) is 11.0. The molecule has 18 heavy (non-hydrogen) atoms. The van der Waals surface area contributed by atoms with Crippen molar-refractivity contribution in [2.75, 3.05) is 11.5 Å². The maximum Gasteiger partial charge on any atom is 0.309 e. The fraction of sp³-hybridized carbons (Fsp3) is 0.500. The molecule has 0 fully saturated rings. The normalized spacial score (nSPS) is 13.9. The molecule has 2 atom stereocenters. The second kappa shape index (κ2) is 8.16. The number of carbonyl (C=O) groups excluding carboxylic acids is 1. The van der Waals surface area contributed by atoms with Crippen LogP contribution >= 0.6 is 11.8 Å². The van der Waals surface area contributed by atoms with Crippen molar-refractivity contribution < 1.29 is 9.53 Å². The lowest BCUT2D eigenvalue weighted by molar-refractivity contribution is -0.148. The van der Waals surface area contributed by atoms with Crippen molar-refractivity contribution in [2.24, 2.45) is 11.7 Å². The zero-order valence-corrected chi connectivity index (χ0v) is 11.8. The van der Waals surface area contributed by atoms with Crippen LogP contribution in [0.25, 0.3) is 0 Å². The number of hydrogen-bond donors (Lipinski definition) is 1. The fourth-order valence-corrected chi connectivity index (χ4v) is 2.37. The van der Waals surface area contributed by atoms with Crippen molar-refractivity contribution in [3.8, 4) is 0 Å². The van der Waals surface area contributed by atoms with E-state index >= 15 is 0 Å². The van der Waals surface area contributed by atoms with Gasteiger partial charge in [-0.3, -0.25) is 4.79 Å². The largest absolute Gasteiger partial charge is 0.461 e. The molecule has 100 valence electrons. The maximum absolute atomic E-state index is 11.7. The second-order valence-electron chi connectivity index (χ2n) is 4.51. The number of ether oxygens (including phenoxy) is 1. The summed E-state index contributed by atoms with van der Waals surface area (Å²) in [5, 5.41) is 0. The lowest BCUT2D eigenvalue weighted by atomic mass is 10.2. The Kier molecular flexibility index (Phi) is 6.83. The van der Waals surface area contributed by atoms with Gasteiger partial charge in [-0.05, 0) is 12.5 Å².